The molecule has 2 heterocycles. The van der Waals surface area contributed by atoms with Crippen LogP contribution in [0.15, 0.2) is 47.3 Å². The van der Waals surface area contributed by atoms with E-state index in [1.54, 1.807) is 29.2 Å². The highest BCUT2D eigenvalue weighted by atomic mass is 19.1. The van der Waals surface area contributed by atoms with Crippen molar-refractivity contribution in [2.75, 3.05) is 13.1 Å². The van der Waals surface area contributed by atoms with Crippen molar-refractivity contribution in [3.8, 4) is 0 Å². The standard InChI is InChI=1S/C26H28FN3O3/c27-23-10-9-17(16-24-20-7-3-4-8-21(20)25(31)29-28-24)15-22(23)26(32)30-13-11-19(12-14-30)33-18-5-1-2-6-18/h3-4,7-10,15,18-19H,1-2,5-6,11-14,16H2,(H,29,31). The number of rotatable bonds is 5. The Morgan fingerprint density at radius 3 is 2.48 bits per heavy atom. The number of carbonyl (C=O) groups excluding carboxylic acids is 1. The van der Waals surface area contributed by atoms with Crippen molar-refractivity contribution in [1.29, 1.82) is 0 Å². The lowest BCUT2D eigenvalue weighted by molar-refractivity contribution is -0.0358. The van der Waals surface area contributed by atoms with Crippen LogP contribution in [0.25, 0.3) is 10.8 Å². The van der Waals surface area contributed by atoms with Crippen molar-refractivity contribution in [3.63, 3.8) is 0 Å². The van der Waals surface area contributed by atoms with Crippen LogP contribution in [-0.4, -0.2) is 46.3 Å². The minimum atomic E-state index is -0.521. The molecule has 1 saturated carbocycles. The van der Waals surface area contributed by atoms with Gasteiger partial charge in [-0.2, -0.15) is 5.10 Å². The molecule has 2 fully saturated rings. The second kappa shape index (κ2) is 9.43. The number of nitrogens with one attached hydrogen (secondary N) is 1. The third-order valence-electron chi connectivity index (χ3n) is 6.82. The Kier molecular flexibility index (Phi) is 6.22. The van der Waals surface area contributed by atoms with Crippen LogP contribution in [0.1, 0.15) is 60.1 Å². The average Bonchev–Trinajstić information content (AvgIpc) is 3.35. The monoisotopic (exact) mass is 449 g/mol. The Labute approximate surface area is 191 Å². The number of piperidine rings is 1. The van der Waals surface area contributed by atoms with Gasteiger partial charge in [-0.1, -0.05) is 37.1 Å². The third-order valence-corrected chi connectivity index (χ3v) is 6.82. The number of aromatic amines is 1. The molecular weight excluding hydrogens is 421 g/mol. The van der Waals surface area contributed by atoms with Gasteiger partial charge >= 0.3 is 0 Å². The lowest BCUT2D eigenvalue weighted by atomic mass is 10.0. The van der Waals surface area contributed by atoms with Gasteiger partial charge in [0.1, 0.15) is 5.82 Å². The molecule has 1 aromatic heterocycles. The molecule has 0 bridgehead atoms. The molecule has 0 unspecified atom stereocenters. The Morgan fingerprint density at radius 1 is 1.03 bits per heavy atom. The van der Waals surface area contributed by atoms with Gasteiger partial charge in [-0.25, -0.2) is 9.49 Å². The zero-order chi connectivity index (χ0) is 22.8. The van der Waals surface area contributed by atoms with Gasteiger partial charge in [-0.3, -0.25) is 9.59 Å². The summed E-state index contributed by atoms with van der Waals surface area (Å²) in [5.41, 5.74) is 1.28. The molecule has 33 heavy (non-hydrogen) atoms. The van der Waals surface area contributed by atoms with Crippen LogP contribution in [0.2, 0.25) is 0 Å². The van der Waals surface area contributed by atoms with Crippen molar-refractivity contribution in [2.24, 2.45) is 0 Å². The molecule has 1 aliphatic carbocycles. The summed E-state index contributed by atoms with van der Waals surface area (Å²) >= 11 is 0. The number of hydrogen-bond acceptors (Lipinski definition) is 4. The number of ether oxygens (including phenoxy) is 1. The van der Waals surface area contributed by atoms with Crippen molar-refractivity contribution < 1.29 is 13.9 Å². The molecule has 2 aromatic carbocycles. The maximum atomic E-state index is 14.6. The van der Waals surface area contributed by atoms with Crippen LogP contribution < -0.4 is 5.56 Å². The molecule has 0 radical (unpaired) electrons. The van der Waals surface area contributed by atoms with Crippen LogP contribution in [0.4, 0.5) is 4.39 Å². The summed E-state index contributed by atoms with van der Waals surface area (Å²) in [6, 6.07) is 11.9. The van der Waals surface area contributed by atoms with Gasteiger partial charge in [0.2, 0.25) is 0 Å². The summed E-state index contributed by atoms with van der Waals surface area (Å²) in [5.74, 6) is -0.805. The molecule has 0 atom stereocenters. The van der Waals surface area contributed by atoms with E-state index in [9.17, 15) is 14.0 Å². The summed E-state index contributed by atoms with van der Waals surface area (Å²) in [7, 11) is 0. The molecule has 1 amide bonds. The quantitative estimate of drug-likeness (QED) is 0.633. The molecule has 1 aliphatic heterocycles. The fraction of sp³-hybridized carbons (Fsp3) is 0.423. The zero-order valence-corrected chi connectivity index (χ0v) is 18.6. The normalized spacial score (nSPS) is 17.7. The summed E-state index contributed by atoms with van der Waals surface area (Å²) in [5, 5.41) is 8.04. The number of benzene rings is 2. The molecule has 1 N–H and O–H groups in total. The van der Waals surface area contributed by atoms with Crippen LogP contribution in [0.3, 0.4) is 0 Å². The van der Waals surface area contributed by atoms with E-state index in [2.05, 4.69) is 10.2 Å². The Hall–Kier alpha value is -3.06. The minimum Gasteiger partial charge on any atom is -0.375 e. The van der Waals surface area contributed by atoms with E-state index >= 15 is 0 Å². The molecule has 0 spiro atoms. The van der Waals surface area contributed by atoms with Gasteiger partial charge in [0.05, 0.1) is 28.9 Å². The number of likely N-dealkylation sites (tertiary alicyclic amines) is 1. The Morgan fingerprint density at radius 2 is 1.73 bits per heavy atom. The van der Waals surface area contributed by atoms with E-state index in [-0.39, 0.29) is 23.1 Å². The summed E-state index contributed by atoms with van der Waals surface area (Å²) in [4.78, 5) is 26.9. The molecule has 3 aromatic rings. The fourth-order valence-electron chi connectivity index (χ4n) is 5.01. The van der Waals surface area contributed by atoms with Crippen molar-refractivity contribution in [1.82, 2.24) is 15.1 Å². The van der Waals surface area contributed by atoms with Crippen LogP contribution in [-0.2, 0) is 11.2 Å². The highest BCUT2D eigenvalue weighted by Crippen LogP contribution is 2.26. The number of nitrogens with zero attached hydrogens (tertiary/aromatic N) is 2. The molecule has 2 aliphatic rings. The summed E-state index contributed by atoms with van der Waals surface area (Å²) in [6.07, 6.45) is 7.26. The SMILES string of the molecule is O=C(c1cc(Cc2n[nH]c(=O)c3ccccc23)ccc1F)N1CCC(OC2CCCC2)CC1. The maximum absolute atomic E-state index is 14.6. The lowest BCUT2D eigenvalue weighted by Crippen LogP contribution is -2.42. The van der Waals surface area contributed by atoms with Gasteiger partial charge in [0.15, 0.2) is 0 Å². The number of H-pyrrole nitrogens is 1. The topological polar surface area (TPSA) is 75.3 Å². The third kappa shape index (κ3) is 4.69. The number of hydrogen-bond donors (Lipinski definition) is 1. The molecule has 7 heteroatoms. The van der Waals surface area contributed by atoms with Crippen LogP contribution in [0, 0.1) is 5.82 Å². The second-order valence-corrected chi connectivity index (χ2v) is 9.07. The Bertz CT molecular complexity index is 1210. The molecule has 172 valence electrons. The van der Waals surface area contributed by atoms with E-state index in [0.29, 0.717) is 36.7 Å². The Balaban J connectivity index is 1.30. The van der Waals surface area contributed by atoms with E-state index in [1.165, 1.54) is 18.9 Å². The van der Waals surface area contributed by atoms with Crippen molar-refractivity contribution >= 4 is 16.7 Å². The molecular formula is C26H28FN3O3. The first kappa shape index (κ1) is 21.8. The van der Waals surface area contributed by atoms with E-state index in [4.69, 9.17) is 4.74 Å². The van der Waals surface area contributed by atoms with Crippen molar-refractivity contribution in [2.45, 2.75) is 57.2 Å². The largest absolute Gasteiger partial charge is 0.375 e. The highest BCUT2D eigenvalue weighted by Gasteiger charge is 2.28. The van der Waals surface area contributed by atoms with Crippen LogP contribution >= 0.6 is 0 Å². The molecule has 6 nitrogen and oxygen atoms in total. The summed E-state index contributed by atoms with van der Waals surface area (Å²) in [6.45, 7) is 1.15. The second-order valence-electron chi connectivity index (χ2n) is 9.07. The van der Waals surface area contributed by atoms with Gasteiger partial charge in [0, 0.05) is 24.9 Å². The van der Waals surface area contributed by atoms with E-state index < -0.39 is 5.82 Å². The fourth-order valence-corrected chi connectivity index (χ4v) is 5.01. The predicted octanol–water partition coefficient (Wildman–Crippen LogP) is 4.22. The lowest BCUT2D eigenvalue weighted by Gasteiger charge is -2.33. The zero-order valence-electron chi connectivity index (χ0n) is 18.6. The van der Waals surface area contributed by atoms with E-state index in [1.807, 2.05) is 12.1 Å². The van der Waals surface area contributed by atoms with Crippen LogP contribution in [0.5, 0.6) is 0 Å². The van der Waals surface area contributed by atoms with E-state index in [0.717, 1.165) is 36.6 Å². The molecule has 5 rings (SSSR count). The first-order chi connectivity index (χ1) is 16.1. The maximum Gasteiger partial charge on any atom is 0.272 e. The number of fused-ring (bicyclic) bond motifs is 1. The smallest absolute Gasteiger partial charge is 0.272 e. The first-order valence-corrected chi connectivity index (χ1v) is 11.8. The van der Waals surface area contributed by atoms with Gasteiger partial charge in [-0.05, 0) is 49.4 Å². The number of amides is 1. The van der Waals surface area contributed by atoms with Gasteiger partial charge in [0.25, 0.3) is 11.5 Å². The number of halogens is 1. The number of aromatic nitrogens is 2. The molecule has 1 saturated heterocycles. The van der Waals surface area contributed by atoms with Gasteiger partial charge < -0.3 is 9.64 Å². The van der Waals surface area contributed by atoms with Crippen molar-refractivity contribution in [3.05, 3.63) is 75.5 Å². The highest BCUT2D eigenvalue weighted by molar-refractivity contribution is 5.95. The minimum absolute atomic E-state index is 0.0800. The predicted molar refractivity (Wildman–Crippen MR) is 124 cm³/mol. The summed E-state index contributed by atoms with van der Waals surface area (Å²) < 4.78 is 20.8. The first-order valence-electron chi connectivity index (χ1n) is 11.8. The van der Waals surface area contributed by atoms with Gasteiger partial charge in [-0.15, -0.1) is 0 Å². The average molecular weight is 450 g/mol. The number of carbonyl (C=O) groups is 1.